The molecular weight excluding hydrogens is 257 g/mol. The van der Waals surface area contributed by atoms with Gasteiger partial charge in [0, 0.05) is 0 Å². The Kier molecular flexibility index (Phi) is 10.5. The predicted molar refractivity (Wildman–Crippen MR) is 58.1 cm³/mol. The van der Waals surface area contributed by atoms with Gasteiger partial charge in [0.25, 0.3) is 0 Å². The average molecular weight is 272 g/mol. The second kappa shape index (κ2) is 9.75. The first-order chi connectivity index (χ1) is 4.91. The van der Waals surface area contributed by atoms with Crippen molar-refractivity contribution in [3.8, 4) is 0 Å². The lowest BCUT2D eigenvalue weighted by Crippen LogP contribution is -2.65. The molecule has 0 atom stereocenters. The maximum absolute atomic E-state index is 3.06. The molecule has 1 aliphatic heterocycles. The van der Waals surface area contributed by atoms with Gasteiger partial charge in [-0.25, -0.2) is 4.99 Å². The summed E-state index contributed by atoms with van der Waals surface area (Å²) in [4.78, 5) is 3.06. The Morgan fingerprint density at radius 2 is 2.50 bits per heavy atom. The van der Waals surface area contributed by atoms with Gasteiger partial charge in [-0.05, 0) is 10.8 Å². The summed E-state index contributed by atoms with van der Waals surface area (Å²) in [7, 11) is 0. The van der Waals surface area contributed by atoms with Gasteiger partial charge in [-0.3, -0.25) is 0 Å². The highest BCUT2D eigenvalue weighted by Gasteiger charge is 1.93. The van der Waals surface area contributed by atoms with Crippen LogP contribution in [0.3, 0.4) is 0 Å². The van der Waals surface area contributed by atoms with E-state index in [0.717, 1.165) is 6.54 Å². The monoisotopic (exact) mass is 272 g/mol. The van der Waals surface area contributed by atoms with Crippen molar-refractivity contribution in [3.05, 3.63) is 0 Å². The minimum atomic E-state index is 1.16. The number of hydrogen-bond donors (Lipinski definition) is 1. The van der Waals surface area contributed by atoms with Gasteiger partial charge in [-0.2, -0.15) is 0 Å². The van der Waals surface area contributed by atoms with Crippen LogP contribution in [0.5, 0.6) is 0 Å². The third kappa shape index (κ3) is 8.75. The number of nitrogens with one attached hydrogen (secondary N) is 1. The first kappa shape index (κ1) is 10.8. The SMILES string of the molecule is C1=[NH+]CCS1.CCCCI. The first-order valence-electron chi connectivity index (χ1n) is 3.64. The van der Waals surface area contributed by atoms with Crippen LogP contribution < -0.4 is 4.99 Å². The molecule has 1 rings (SSSR count). The van der Waals surface area contributed by atoms with E-state index in [1.165, 1.54) is 23.0 Å². The van der Waals surface area contributed by atoms with Gasteiger partial charge in [0.15, 0.2) is 12.1 Å². The summed E-state index contributed by atoms with van der Waals surface area (Å²) in [5.41, 5.74) is 2.03. The number of alkyl halides is 1. The summed E-state index contributed by atoms with van der Waals surface area (Å²) in [5, 5.41) is 0. The standard InChI is InChI=1S/C4H9I.C3H5NS/c1-2-3-4-5;1-2-5-3-4-1/h2-4H2,1H3;3H,1-2H2/p+1. The zero-order valence-corrected chi connectivity index (χ0v) is 9.37. The molecular formula is C7H15INS+. The second-order valence-corrected chi connectivity index (χ2v) is 4.04. The minimum absolute atomic E-state index is 1.16. The molecule has 1 nitrogen and oxygen atoms in total. The van der Waals surface area contributed by atoms with Gasteiger partial charge >= 0.3 is 0 Å². The Morgan fingerprint density at radius 3 is 2.60 bits per heavy atom. The van der Waals surface area contributed by atoms with E-state index in [1.807, 2.05) is 17.3 Å². The molecule has 1 aliphatic rings. The van der Waals surface area contributed by atoms with Crippen molar-refractivity contribution in [3.63, 3.8) is 0 Å². The maximum atomic E-state index is 3.06. The van der Waals surface area contributed by atoms with E-state index in [-0.39, 0.29) is 0 Å². The van der Waals surface area contributed by atoms with Crippen LogP contribution in [0.25, 0.3) is 0 Å². The Bertz CT molecular complexity index is 77.7. The quantitative estimate of drug-likeness (QED) is 0.586. The molecule has 0 unspecified atom stereocenters. The van der Waals surface area contributed by atoms with Crippen LogP contribution >= 0.6 is 34.4 Å². The van der Waals surface area contributed by atoms with Crippen LogP contribution in [-0.4, -0.2) is 22.3 Å². The molecule has 0 aromatic carbocycles. The number of unbranched alkanes of at least 4 members (excludes halogenated alkanes) is 1. The summed E-state index contributed by atoms with van der Waals surface area (Å²) < 4.78 is 1.31. The van der Waals surface area contributed by atoms with E-state index in [4.69, 9.17) is 0 Å². The second-order valence-electron chi connectivity index (χ2n) is 1.99. The van der Waals surface area contributed by atoms with Crippen molar-refractivity contribution in [2.45, 2.75) is 19.8 Å². The summed E-state index contributed by atoms with van der Waals surface area (Å²) in [6.07, 6.45) is 2.71. The average Bonchev–Trinajstić information content (AvgIpc) is 2.44. The molecule has 1 N–H and O–H groups in total. The molecule has 0 aromatic heterocycles. The van der Waals surface area contributed by atoms with Crippen molar-refractivity contribution in [1.29, 1.82) is 0 Å². The van der Waals surface area contributed by atoms with Gasteiger partial charge in [-0.1, -0.05) is 47.7 Å². The molecule has 3 heteroatoms. The van der Waals surface area contributed by atoms with E-state index in [0.29, 0.717) is 0 Å². The van der Waals surface area contributed by atoms with Crippen LogP contribution in [-0.2, 0) is 0 Å². The van der Waals surface area contributed by atoms with Gasteiger partial charge in [0.1, 0.15) is 0 Å². The molecule has 0 saturated carbocycles. The number of rotatable bonds is 2. The summed E-state index contributed by atoms with van der Waals surface area (Å²) in [6.45, 7) is 3.36. The lowest BCUT2D eigenvalue weighted by atomic mass is 10.4. The molecule has 10 heavy (non-hydrogen) atoms. The van der Waals surface area contributed by atoms with Crippen LogP contribution in [0.1, 0.15) is 19.8 Å². The van der Waals surface area contributed by atoms with Gasteiger partial charge < -0.3 is 0 Å². The van der Waals surface area contributed by atoms with Crippen LogP contribution in [0.4, 0.5) is 0 Å². The highest BCUT2D eigenvalue weighted by molar-refractivity contribution is 14.1. The molecule has 0 bridgehead atoms. The Morgan fingerprint density at radius 1 is 1.70 bits per heavy atom. The molecule has 0 aromatic rings. The zero-order valence-electron chi connectivity index (χ0n) is 6.40. The van der Waals surface area contributed by atoms with Crippen LogP contribution in [0.2, 0.25) is 0 Å². The first-order valence-corrected chi connectivity index (χ1v) is 6.22. The fourth-order valence-corrected chi connectivity index (χ4v) is 1.78. The highest BCUT2D eigenvalue weighted by atomic mass is 127. The van der Waals surface area contributed by atoms with Gasteiger partial charge in [0.05, 0.1) is 5.75 Å². The Hall–Kier alpha value is 0.750. The number of hydrogen-bond acceptors (Lipinski definition) is 1. The third-order valence-electron chi connectivity index (χ3n) is 1.02. The van der Waals surface area contributed by atoms with Crippen molar-refractivity contribution in [2.24, 2.45) is 0 Å². The van der Waals surface area contributed by atoms with E-state index < -0.39 is 0 Å². The van der Waals surface area contributed by atoms with E-state index in [2.05, 4.69) is 34.5 Å². The summed E-state index contributed by atoms with van der Waals surface area (Å²) >= 11 is 4.23. The topological polar surface area (TPSA) is 14.0 Å². The van der Waals surface area contributed by atoms with Crippen molar-refractivity contribution < 1.29 is 4.99 Å². The molecule has 1 heterocycles. The Labute approximate surface area is 81.2 Å². The van der Waals surface area contributed by atoms with Gasteiger partial charge in [-0.15, -0.1) is 0 Å². The third-order valence-corrected chi connectivity index (χ3v) is 2.55. The minimum Gasteiger partial charge on any atom is -0.242 e. The molecule has 0 radical (unpaired) electrons. The summed E-state index contributed by atoms with van der Waals surface area (Å²) in [5.74, 6) is 1.25. The van der Waals surface area contributed by atoms with Gasteiger partial charge in [0.2, 0.25) is 0 Å². The normalized spacial score (nSPS) is 14.6. The Balaban J connectivity index is 0.000000162. The van der Waals surface area contributed by atoms with E-state index >= 15 is 0 Å². The lowest BCUT2D eigenvalue weighted by Gasteiger charge is -1.77. The fraction of sp³-hybridized carbons (Fsp3) is 0.857. The predicted octanol–water partition coefficient (Wildman–Crippen LogP) is 1.06. The largest absolute Gasteiger partial charge is 0.242 e. The number of thioether (sulfide) groups is 1. The van der Waals surface area contributed by atoms with E-state index in [9.17, 15) is 0 Å². The molecule has 0 aliphatic carbocycles. The molecule has 0 amide bonds. The molecule has 0 fully saturated rings. The molecule has 0 saturated heterocycles. The van der Waals surface area contributed by atoms with Crippen LogP contribution in [0.15, 0.2) is 0 Å². The van der Waals surface area contributed by atoms with Crippen LogP contribution in [0, 0.1) is 0 Å². The smallest absolute Gasteiger partial charge is 0.196 e. The number of halogens is 1. The highest BCUT2D eigenvalue weighted by Crippen LogP contribution is 1.90. The zero-order chi connectivity index (χ0) is 7.66. The van der Waals surface area contributed by atoms with E-state index in [1.54, 1.807) is 0 Å². The lowest BCUT2D eigenvalue weighted by molar-refractivity contribution is -0.439. The van der Waals surface area contributed by atoms with Crippen molar-refractivity contribution >= 4 is 39.9 Å². The molecule has 0 spiro atoms. The maximum Gasteiger partial charge on any atom is 0.196 e. The van der Waals surface area contributed by atoms with Crippen molar-refractivity contribution in [1.82, 2.24) is 0 Å². The molecule has 60 valence electrons. The van der Waals surface area contributed by atoms with Crippen molar-refractivity contribution in [2.75, 3.05) is 16.7 Å². The fourth-order valence-electron chi connectivity index (χ4n) is 0.428. The summed E-state index contributed by atoms with van der Waals surface area (Å²) in [6, 6.07) is 0.